The van der Waals surface area contributed by atoms with Gasteiger partial charge in [0, 0.05) is 23.5 Å². The van der Waals surface area contributed by atoms with Crippen molar-refractivity contribution in [1.82, 2.24) is 5.32 Å². The van der Waals surface area contributed by atoms with Crippen molar-refractivity contribution in [3.05, 3.63) is 24.3 Å². The van der Waals surface area contributed by atoms with Crippen molar-refractivity contribution >= 4 is 17.4 Å². The summed E-state index contributed by atoms with van der Waals surface area (Å²) in [6.45, 7) is 4.78. The third kappa shape index (κ3) is 2.10. The molecule has 16 heavy (non-hydrogen) atoms. The second-order valence-corrected chi connectivity index (χ2v) is 4.81. The summed E-state index contributed by atoms with van der Waals surface area (Å²) in [7, 11) is 0. The number of urea groups is 1. The van der Waals surface area contributed by atoms with Gasteiger partial charge in [-0.1, -0.05) is 6.07 Å². The van der Waals surface area contributed by atoms with Gasteiger partial charge in [-0.05, 0) is 38.5 Å². The highest BCUT2D eigenvalue weighted by molar-refractivity contribution is 5.93. The van der Waals surface area contributed by atoms with Crippen molar-refractivity contribution in [3.8, 4) is 0 Å². The lowest BCUT2D eigenvalue weighted by atomic mass is 9.98. The zero-order chi connectivity index (χ0) is 11.8. The summed E-state index contributed by atoms with van der Waals surface area (Å²) in [5.41, 5.74) is 7.12. The Bertz CT molecular complexity index is 414. The monoisotopic (exact) mass is 219 g/mol. The molecule has 0 unspecified atom stereocenters. The number of nitrogens with two attached hydrogens (primary N) is 1. The smallest absolute Gasteiger partial charge is 0.322 e. The average Bonchev–Trinajstić information content (AvgIpc) is 2.15. The predicted molar refractivity (Wildman–Crippen MR) is 65.4 cm³/mol. The fourth-order valence-corrected chi connectivity index (χ4v) is 1.85. The Morgan fingerprint density at radius 3 is 2.81 bits per heavy atom. The highest BCUT2D eigenvalue weighted by Gasteiger charge is 2.30. The highest BCUT2D eigenvalue weighted by Crippen LogP contribution is 2.23. The van der Waals surface area contributed by atoms with Crippen molar-refractivity contribution in [2.24, 2.45) is 0 Å². The number of anilines is 2. The van der Waals surface area contributed by atoms with E-state index in [0.29, 0.717) is 5.69 Å². The maximum Gasteiger partial charge on any atom is 0.322 e. The van der Waals surface area contributed by atoms with Crippen LogP contribution in [0.25, 0.3) is 0 Å². The van der Waals surface area contributed by atoms with Crippen LogP contribution >= 0.6 is 0 Å². The molecule has 1 aliphatic rings. The maximum atomic E-state index is 11.9. The Kier molecular flexibility index (Phi) is 2.50. The molecule has 2 rings (SSSR count). The van der Waals surface area contributed by atoms with Crippen LogP contribution in [-0.2, 0) is 0 Å². The molecule has 1 aromatic carbocycles. The number of amides is 2. The van der Waals surface area contributed by atoms with E-state index in [-0.39, 0.29) is 11.6 Å². The minimum Gasteiger partial charge on any atom is -0.399 e. The number of rotatable bonds is 1. The number of benzene rings is 1. The number of carbonyl (C=O) groups is 1. The summed E-state index contributed by atoms with van der Waals surface area (Å²) in [5, 5.41) is 2.97. The second-order valence-electron chi connectivity index (χ2n) is 4.81. The second kappa shape index (κ2) is 3.70. The summed E-state index contributed by atoms with van der Waals surface area (Å²) < 4.78 is 0. The van der Waals surface area contributed by atoms with Crippen molar-refractivity contribution in [1.29, 1.82) is 0 Å². The molecule has 0 spiro atoms. The van der Waals surface area contributed by atoms with E-state index in [9.17, 15) is 4.79 Å². The van der Waals surface area contributed by atoms with E-state index < -0.39 is 0 Å². The maximum absolute atomic E-state index is 11.9. The Labute approximate surface area is 95.4 Å². The van der Waals surface area contributed by atoms with Crippen LogP contribution in [0.3, 0.4) is 0 Å². The minimum atomic E-state index is -0.117. The largest absolute Gasteiger partial charge is 0.399 e. The molecule has 0 aliphatic carbocycles. The van der Waals surface area contributed by atoms with Crippen molar-refractivity contribution in [2.45, 2.75) is 25.8 Å². The lowest BCUT2D eigenvalue weighted by Gasteiger charge is -2.37. The molecule has 3 N–H and O–H groups in total. The van der Waals surface area contributed by atoms with Crippen LogP contribution in [0.5, 0.6) is 0 Å². The van der Waals surface area contributed by atoms with Crippen LogP contribution in [0.15, 0.2) is 24.3 Å². The molecule has 1 aromatic rings. The van der Waals surface area contributed by atoms with Crippen molar-refractivity contribution in [2.75, 3.05) is 17.2 Å². The fourth-order valence-electron chi connectivity index (χ4n) is 1.85. The molecule has 1 aliphatic heterocycles. The molecule has 1 fully saturated rings. The van der Waals surface area contributed by atoms with Gasteiger partial charge in [0.05, 0.1) is 0 Å². The van der Waals surface area contributed by atoms with E-state index in [0.717, 1.165) is 18.7 Å². The normalized spacial score (nSPS) is 19.4. The van der Waals surface area contributed by atoms with Crippen LogP contribution in [0.4, 0.5) is 16.2 Å². The molecule has 2 amide bonds. The van der Waals surface area contributed by atoms with Gasteiger partial charge in [0.2, 0.25) is 0 Å². The number of nitrogens with zero attached hydrogens (tertiary/aromatic N) is 1. The van der Waals surface area contributed by atoms with E-state index in [1.165, 1.54) is 0 Å². The van der Waals surface area contributed by atoms with Gasteiger partial charge in [-0.25, -0.2) is 4.79 Å². The van der Waals surface area contributed by atoms with Gasteiger partial charge in [-0.2, -0.15) is 0 Å². The molecular weight excluding hydrogens is 202 g/mol. The average molecular weight is 219 g/mol. The van der Waals surface area contributed by atoms with Gasteiger partial charge < -0.3 is 11.1 Å². The van der Waals surface area contributed by atoms with Crippen molar-refractivity contribution < 1.29 is 4.79 Å². The van der Waals surface area contributed by atoms with Gasteiger partial charge in [0.25, 0.3) is 0 Å². The van der Waals surface area contributed by atoms with E-state index in [4.69, 9.17) is 5.73 Å². The summed E-state index contributed by atoms with van der Waals surface area (Å²) in [6.07, 6.45) is 0.924. The first-order chi connectivity index (χ1) is 7.48. The first kappa shape index (κ1) is 10.8. The molecule has 0 aromatic heterocycles. The molecule has 0 radical (unpaired) electrons. The number of hydrogen-bond acceptors (Lipinski definition) is 2. The van der Waals surface area contributed by atoms with Crippen molar-refractivity contribution in [3.63, 3.8) is 0 Å². The minimum absolute atomic E-state index is 0.0538. The van der Waals surface area contributed by atoms with E-state index in [1.807, 2.05) is 38.1 Å². The molecule has 4 heteroatoms. The Morgan fingerprint density at radius 2 is 2.19 bits per heavy atom. The Balaban J connectivity index is 2.21. The van der Waals surface area contributed by atoms with Crippen LogP contribution in [-0.4, -0.2) is 18.1 Å². The molecule has 86 valence electrons. The zero-order valence-electron chi connectivity index (χ0n) is 9.66. The van der Waals surface area contributed by atoms with Gasteiger partial charge in [0.1, 0.15) is 0 Å². The van der Waals surface area contributed by atoms with Crippen LogP contribution < -0.4 is 16.0 Å². The van der Waals surface area contributed by atoms with Gasteiger partial charge in [-0.15, -0.1) is 0 Å². The lowest BCUT2D eigenvalue weighted by molar-refractivity contribution is 0.224. The molecule has 0 saturated carbocycles. The summed E-state index contributed by atoms with van der Waals surface area (Å²) in [5.74, 6) is 0. The van der Waals surface area contributed by atoms with Crippen LogP contribution in [0, 0.1) is 0 Å². The quantitative estimate of drug-likeness (QED) is 0.709. The number of carbonyl (C=O) groups excluding carboxylic acids is 1. The third-order valence-electron chi connectivity index (χ3n) is 2.83. The Morgan fingerprint density at radius 1 is 1.44 bits per heavy atom. The fraction of sp³-hybridized carbons (Fsp3) is 0.417. The first-order valence-corrected chi connectivity index (χ1v) is 5.43. The lowest BCUT2D eigenvalue weighted by Crippen LogP contribution is -2.57. The number of hydrogen-bond donors (Lipinski definition) is 2. The molecule has 1 heterocycles. The van der Waals surface area contributed by atoms with Gasteiger partial charge in [0.15, 0.2) is 0 Å². The zero-order valence-corrected chi connectivity index (χ0v) is 9.66. The SMILES string of the molecule is CC1(C)CCN(c2cccc(N)c2)C(=O)N1. The molecular formula is C12H17N3O. The summed E-state index contributed by atoms with van der Waals surface area (Å²) in [4.78, 5) is 13.6. The van der Waals surface area contributed by atoms with E-state index in [1.54, 1.807) is 4.90 Å². The summed E-state index contributed by atoms with van der Waals surface area (Å²) in [6, 6.07) is 7.33. The number of nitrogens with one attached hydrogen (secondary N) is 1. The van der Waals surface area contributed by atoms with E-state index >= 15 is 0 Å². The molecule has 1 saturated heterocycles. The standard InChI is InChI=1S/C12H17N3O/c1-12(2)6-7-15(11(16)14-12)10-5-3-4-9(13)8-10/h3-5,8H,6-7,13H2,1-2H3,(H,14,16). The Hall–Kier alpha value is -1.71. The summed E-state index contributed by atoms with van der Waals surface area (Å²) >= 11 is 0. The topological polar surface area (TPSA) is 58.4 Å². The van der Waals surface area contributed by atoms with E-state index in [2.05, 4.69) is 5.32 Å². The van der Waals surface area contributed by atoms with Gasteiger partial charge in [-0.3, -0.25) is 4.90 Å². The molecule has 0 atom stereocenters. The van der Waals surface area contributed by atoms with Gasteiger partial charge >= 0.3 is 6.03 Å². The van der Waals surface area contributed by atoms with Crippen LogP contribution in [0.1, 0.15) is 20.3 Å². The number of nitrogen functional groups attached to an aromatic ring is 1. The first-order valence-electron chi connectivity index (χ1n) is 5.43. The van der Waals surface area contributed by atoms with Crippen LogP contribution in [0.2, 0.25) is 0 Å². The molecule has 4 nitrogen and oxygen atoms in total. The highest BCUT2D eigenvalue weighted by atomic mass is 16.2. The predicted octanol–water partition coefficient (Wildman–Crippen LogP) is 1.97. The molecule has 0 bridgehead atoms. The third-order valence-corrected chi connectivity index (χ3v) is 2.83.